The zero-order chi connectivity index (χ0) is 10.7. The number of ether oxygens (including phenoxy) is 1. The second-order valence-corrected chi connectivity index (χ2v) is 3.44. The number of esters is 1. The van der Waals surface area contributed by atoms with Gasteiger partial charge in [-0.05, 0) is 13.3 Å². The van der Waals surface area contributed by atoms with Crippen molar-refractivity contribution in [3.8, 4) is 0 Å². The zero-order valence-corrected chi connectivity index (χ0v) is 9.21. The van der Waals surface area contributed by atoms with Gasteiger partial charge < -0.3 is 4.74 Å². The number of carbonyl (C=O) groups is 1. The molecule has 0 spiro atoms. The van der Waals surface area contributed by atoms with Crippen LogP contribution in [0.3, 0.4) is 0 Å². The largest absolute Gasteiger partial charge is 0.464 e. The quantitative estimate of drug-likeness (QED) is 0.729. The first-order valence-corrected chi connectivity index (χ1v) is 4.80. The molecule has 1 atom stereocenters. The Labute approximate surface area is 87.8 Å². The number of nitrogens with zero attached hydrogens (tertiary/aromatic N) is 2. The second-order valence-electron chi connectivity index (χ2n) is 3.03. The second kappa shape index (κ2) is 4.46. The molecule has 0 saturated carbocycles. The van der Waals surface area contributed by atoms with Gasteiger partial charge in [-0.2, -0.15) is 5.10 Å². The van der Waals surface area contributed by atoms with Crippen LogP contribution in [0.1, 0.15) is 36.8 Å². The first-order chi connectivity index (χ1) is 6.61. The van der Waals surface area contributed by atoms with Gasteiger partial charge in [0.15, 0.2) is 5.69 Å². The van der Waals surface area contributed by atoms with Crippen LogP contribution in [0.5, 0.6) is 0 Å². The molecule has 0 amide bonds. The molecule has 0 radical (unpaired) electrons. The first kappa shape index (κ1) is 11.0. The van der Waals surface area contributed by atoms with E-state index in [2.05, 4.69) is 9.84 Å². The van der Waals surface area contributed by atoms with Crippen LogP contribution in [0.25, 0.3) is 0 Å². The summed E-state index contributed by atoms with van der Waals surface area (Å²) in [6.07, 6.45) is 2.34. The van der Waals surface area contributed by atoms with E-state index in [9.17, 15) is 4.79 Å². The maximum absolute atomic E-state index is 11.4. The number of rotatable bonds is 3. The van der Waals surface area contributed by atoms with Crippen LogP contribution in [0.4, 0.5) is 0 Å². The first-order valence-electron chi connectivity index (χ1n) is 4.43. The van der Waals surface area contributed by atoms with E-state index in [0.717, 1.165) is 6.42 Å². The van der Waals surface area contributed by atoms with Crippen molar-refractivity contribution >= 4 is 17.6 Å². The Morgan fingerprint density at radius 2 is 2.43 bits per heavy atom. The Morgan fingerprint density at radius 3 is 2.93 bits per heavy atom. The van der Waals surface area contributed by atoms with Crippen LogP contribution < -0.4 is 0 Å². The molecule has 0 fully saturated rings. The predicted molar refractivity (Wildman–Crippen MR) is 53.6 cm³/mol. The Kier molecular flexibility index (Phi) is 3.52. The van der Waals surface area contributed by atoms with Gasteiger partial charge in [0.2, 0.25) is 0 Å². The normalized spacial score (nSPS) is 12.6. The zero-order valence-electron chi connectivity index (χ0n) is 8.45. The summed E-state index contributed by atoms with van der Waals surface area (Å²) in [5.74, 6) is -0.451. The summed E-state index contributed by atoms with van der Waals surface area (Å²) in [7, 11) is 1.33. The van der Waals surface area contributed by atoms with Gasteiger partial charge in [-0.3, -0.25) is 4.68 Å². The van der Waals surface area contributed by atoms with Gasteiger partial charge in [-0.25, -0.2) is 4.79 Å². The van der Waals surface area contributed by atoms with Crippen molar-refractivity contribution in [3.63, 3.8) is 0 Å². The van der Waals surface area contributed by atoms with E-state index in [1.807, 2.05) is 13.8 Å². The summed E-state index contributed by atoms with van der Waals surface area (Å²) in [5.41, 5.74) is 0.323. The van der Waals surface area contributed by atoms with Gasteiger partial charge in [-0.1, -0.05) is 18.5 Å². The SMILES string of the molecule is CCC(C)n1ncc(Cl)c1C(=O)OC. The standard InChI is InChI=1S/C9H13ClN2O2/c1-4-6(2)12-8(9(13)14-3)7(10)5-11-12/h5-6H,4H2,1-3H3. The maximum Gasteiger partial charge on any atom is 0.357 e. The Balaban J connectivity index is 3.12. The van der Waals surface area contributed by atoms with Crippen molar-refractivity contribution in [2.45, 2.75) is 26.3 Å². The fraction of sp³-hybridized carbons (Fsp3) is 0.556. The third-order valence-corrected chi connectivity index (χ3v) is 2.41. The maximum atomic E-state index is 11.4. The minimum atomic E-state index is -0.451. The van der Waals surface area contributed by atoms with Gasteiger partial charge in [0.05, 0.1) is 18.3 Å². The lowest BCUT2D eigenvalue weighted by atomic mass is 10.2. The average molecular weight is 217 g/mol. The Morgan fingerprint density at radius 1 is 1.79 bits per heavy atom. The molecule has 0 bridgehead atoms. The highest BCUT2D eigenvalue weighted by Gasteiger charge is 2.20. The van der Waals surface area contributed by atoms with Gasteiger partial charge in [0, 0.05) is 6.04 Å². The van der Waals surface area contributed by atoms with E-state index < -0.39 is 5.97 Å². The number of hydrogen-bond acceptors (Lipinski definition) is 3. The Bertz CT molecular complexity index is 336. The highest BCUT2D eigenvalue weighted by molar-refractivity contribution is 6.33. The number of aromatic nitrogens is 2. The highest BCUT2D eigenvalue weighted by Crippen LogP contribution is 2.21. The lowest BCUT2D eigenvalue weighted by Crippen LogP contribution is -2.15. The number of methoxy groups -OCH3 is 1. The van der Waals surface area contributed by atoms with Crippen molar-refractivity contribution in [3.05, 3.63) is 16.9 Å². The fourth-order valence-electron chi connectivity index (χ4n) is 1.14. The summed E-state index contributed by atoms with van der Waals surface area (Å²) < 4.78 is 6.22. The van der Waals surface area contributed by atoms with Crippen molar-refractivity contribution in [1.82, 2.24) is 9.78 Å². The molecule has 5 heteroatoms. The minimum Gasteiger partial charge on any atom is -0.464 e. The molecule has 0 saturated heterocycles. The molecule has 0 aliphatic rings. The topological polar surface area (TPSA) is 44.1 Å². The molecule has 0 aliphatic carbocycles. The summed E-state index contributed by atoms with van der Waals surface area (Å²) in [6, 6.07) is 0.136. The van der Waals surface area contributed by atoms with Crippen LogP contribution in [0, 0.1) is 0 Å². The summed E-state index contributed by atoms with van der Waals surface area (Å²) in [5, 5.41) is 4.37. The number of hydrogen-bond donors (Lipinski definition) is 0. The summed E-state index contributed by atoms with van der Waals surface area (Å²) in [4.78, 5) is 11.4. The van der Waals surface area contributed by atoms with Crippen LogP contribution in [-0.2, 0) is 4.74 Å². The molecular formula is C9H13ClN2O2. The van der Waals surface area contributed by atoms with E-state index in [1.165, 1.54) is 13.3 Å². The van der Waals surface area contributed by atoms with Crippen molar-refractivity contribution in [1.29, 1.82) is 0 Å². The third-order valence-electron chi connectivity index (χ3n) is 2.14. The molecule has 4 nitrogen and oxygen atoms in total. The Hall–Kier alpha value is -1.03. The molecule has 1 rings (SSSR count). The van der Waals surface area contributed by atoms with E-state index in [4.69, 9.17) is 11.6 Å². The van der Waals surface area contributed by atoms with E-state index >= 15 is 0 Å². The van der Waals surface area contributed by atoms with Crippen molar-refractivity contribution < 1.29 is 9.53 Å². The monoisotopic (exact) mass is 216 g/mol. The lowest BCUT2D eigenvalue weighted by molar-refractivity contribution is 0.0584. The van der Waals surface area contributed by atoms with Gasteiger partial charge in [0.1, 0.15) is 0 Å². The third kappa shape index (κ3) is 1.90. The van der Waals surface area contributed by atoms with Crippen LogP contribution in [0.2, 0.25) is 5.02 Å². The molecule has 1 aromatic rings. The molecule has 1 heterocycles. The van der Waals surface area contributed by atoms with Crippen molar-refractivity contribution in [2.75, 3.05) is 7.11 Å². The minimum absolute atomic E-state index is 0.136. The molecular weight excluding hydrogens is 204 g/mol. The molecule has 0 N–H and O–H groups in total. The van der Waals surface area contributed by atoms with E-state index in [0.29, 0.717) is 10.7 Å². The lowest BCUT2D eigenvalue weighted by Gasteiger charge is -2.12. The number of halogens is 1. The van der Waals surface area contributed by atoms with Gasteiger partial charge in [-0.15, -0.1) is 0 Å². The van der Waals surface area contributed by atoms with Crippen LogP contribution >= 0.6 is 11.6 Å². The molecule has 0 aromatic carbocycles. The fourth-order valence-corrected chi connectivity index (χ4v) is 1.34. The number of carbonyl (C=O) groups excluding carboxylic acids is 1. The average Bonchev–Trinajstić information content (AvgIpc) is 2.58. The van der Waals surface area contributed by atoms with E-state index in [-0.39, 0.29) is 6.04 Å². The van der Waals surface area contributed by atoms with Crippen molar-refractivity contribution in [2.24, 2.45) is 0 Å². The smallest absolute Gasteiger partial charge is 0.357 e. The predicted octanol–water partition coefficient (Wildman–Crippen LogP) is 2.29. The molecule has 1 unspecified atom stereocenters. The summed E-state index contributed by atoms with van der Waals surface area (Å²) in [6.45, 7) is 3.98. The molecule has 78 valence electrons. The van der Waals surface area contributed by atoms with Gasteiger partial charge >= 0.3 is 5.97 Å². The van der Waals surface area contributed by atoms with Crippen LogP contribution in [-0.4, -0.2) is 22.9 Å². The molecule has 0 aliphatic heterocycles. The van der Waals surface area contributed by atoms with Crippen LogP contribution in [0.15, 0.2) is 6.20 Å². The highest BCUT2D eigenvalue weighted by atomic mass is 35.5. The molecule has 14 heavy (non-hydrogen) atoms. The molecule has 1 aromatic heterocycles. The van der Waals surface area contributed by atoms with Gasteiger partial charge in [0.25, 0.3) is 0 Å². The van der Waals surface area contributed by atoms with E-state index in [1.54, 1.807) is 4.68 Å². The summed E-state index contributed by atoms with van der Waals surface area (Å²) >= 11 is 5.84.